The molecule has 1 saturated carbocycles. The van der Waals surface area contributed by atoms with E-state index in [2.05, 4.69) is 59.4 Å². The normalized spacial score (nSPS) is 21.3. The van der Waals surface area contributed by atoms with Gasteiger partial charge in [-0.3, -0.25) is 19.8 Å². The molecule has 2 aromatic heterocycles. The molecule has 2 N–H and O–H groups in total. The van der Waals surface area contributed by atoms with Crippen LogP contribution in [0.5, 0.6) is 5.75 Å². The van der Waals surface area contributed by atoms with Gasteiger partial charge >= 0.3 is 6.03 Å². The summed E-state index contributed by atoms with van der Waals surface area (Å²) < 4.78 is 8.34. The number of nitrogens with one attached hydrogen (secondary N) is 2. The minimum atomic E-state index is -0.437. The van der Waals surface area contributed by atoms with Gasteiger partial charge in [0, 0.05) is 81.3 Å². The molecule has 0 spiro atoms. The number of rotatable bonds is 9. The largest absolute Gasteiger partial charge is 0.490 e. The summed E-state index contributed by atoms with van der Waals surface area (Å²) in [6.07, 6.45) is 11.6. The van der Waals surface area contributed by atoms with Crippen LogP contribution in [0.1, 0.15) is 79.8 Å². The van der Waals surface area contributed by atoms with Crippen molar-refractivity contribution >= 4 is 64.4 Å². The number of anilines is 2. The quantitative estimate of drug-likeness (QED) is 0.194. The summed E-state index contributed by atoms with van der Waals surface area (Å²) in [5.41, 5.74) is 3.10. The van der Waals surface area contributed by atoms with Gasteiger partial charge in [0.05, 0.1) is 22.1 Å². The molecule has 13 nitrogen and oxygen atoms in total. The second kappa shape index (κ2) is 17.5. The molecule has 0 radical (unpaired) electrons. The monoisotopic (exact) mass is 799 g/mol. The number of carbonyl (C=O) groups excluding carboxylic acids is 3. The second-order valence-corrected chi connectivity index (χ2v) is 15.6. The van der Waals surface area contributed by atoms with Gasteiger partial charge in [-0.25, -0.2) is 14.8 Å². The maximum Gasteiger partial charge on any atom is 0.329 e. The van der Waals surface area contributed by atoms with Gasteiger partial charge < -0.3 is 24.4 Å². The van der Waals surface area contributed by atoms with E-state index in [1.165, 1.54) is 11.2 Å². The summed E-state index contributed by atoms with van der Waals surface area (Å²) in [4.78, 5) is 52.8. The molecule has 8 rings (SSSR count). The lowest BCUT2D eigenvalue weighted by Crippen LogP contribution is -2.50. The fourth-order valence-electron chi connectivity index (χ4n) is 8.62. The molecule has 3 saturated heterocycles. The lowest BCUT2D eigenvalue weighted by molar-refractivity contribution is -0.120. The number of nitrogens with zero attached hydrogens (tertiary/aromatic N) is 7. The Morgan fingerprint density at radius 3 is 2.38 bits per heavy atom. The number of aromatic nitrogens is 3. The Hall–Kier alpha value is -4.90. The van der Waals surface area contributed by atoms with E-state index in [-0.39, 0.29) is 42.8 Å². The molecule has 3 aliphatic heterocycles. The molecule has 0 unspecified atom stereocenters. The van der Waals surface area contributed by atoms with Gasteiger partial charge in [-0.15, -0.1) is 12.4 Å². The van der Waals surface area contributed by atoms with Crippen LogP contribution in [0.15, 0.2) is 61.1 Å². The summed E-state index contributed by atoms with van der Waals surface area (Å²) in [5, 5.41) is 15.9. The topological polar surface area (TPSA) is 149 Å². The summed E-state index contributed by atoms with van der Waals surface area (Å²) in [7, 11) is 0. The molecule has 4 aliphatic rings. The fourth-order valence-corrected chi connectivity index (χ4v) is 8.83. The average Bonchev–Trinajstić information content (AvgIpc) is 3.64. The first kappa shape index (κ1) is 39.3. The number of amides is 4. The highest BCUT2D eigenvalue weighted by Gasteiger charge is 2.30. The molecule has 4 aromatic rings. The predicted molar refractivity (Wildman–Crippen MR) is 217 cm³/mol. The minimum absolute atomic E-state index is 0. The highest BCUT2D eigenvalue weighted by Crippen LogP contribution is 2.33. The van der Waals surface area contributed by atoms with Gasteiger partial charge in [0.1, 0.15) is 29.6 Å². The first-order valence-electron chi connectivity index (χ1n) is 19.5. The van der Waals surface area contributed by atoms with Crippen molar-refractivity contribution in [2.24, 2.45) is 5.92 Å². The minimum Gasteiger partial charge on any atom is -0.490 e. The van der Waals surface area contributed by atoms with Gasteiger partial charge in [-0.2, -0.15) is 5.26 Å². The van der Waals surface area contributed by atoms with E-state index >= 15 is 0 Å². The van der Waals surface area contributed by atoms with Gasteiger partial charge in [-0.05, 0) is 99.7 Å². The number of carbonyl (C=O) groups is 3. The Morgan fingerprint density at radius 2 is 1.68 bits per heavy atom. The van der Waals surface area contributed by atoms with Crippen molar-refractivity contribution in [3.8, 4) is 11.8 Å². The zero-order valence-corrected chi connectivity index (χ0v) is 32.8. The number of piperidine rings is 2. The molecule has 0 atom stereocenters. The number of hydrogen-bond acceptors (Lipinski definition) is 9. The van der Waals surface area contributed by atoms with Crippen molar-refractivity contribution in [1.29, 1.82) is 5.26 Å². The first-order valence-corrected chi connectivity index (χ1v) is 19.9. The van der Waals surface area contributed by atoms with Gasteiger partial charge in [0.2, 0.25) is 5.91 Å². The average molecular weight is 801 g/mol. The predicted octanol–water partition coefficient (Wildman–Crippen LogP) is 6.50. The Labute approximate surface area is 337 Å². The van der Waals surface area contributed by atoms with Crippen molar-refractivity contribution in [2.75, 3.05) is 49.1 Å². The van der Waals surface area contributed by atoms with E-state index < -0.39 is 6.03 Å². The zero-order valence-electron chi connectivity index (χ0n) is 31.2. The van der Waals surface area contributed by atoms with Gasteiger partial charge in [-0.1, -0.05) is 11.6 Å². The smallest absolute Gasteiger partial charge is 0.329 e. The standard InChI is InChI=1S/C41H46ClN9O4.ClH/c42-36-23-34(8-3-29(36)24-43)55-33-9-4-30(5-10-33)46-40(53)28-1-6-31(7-2-28)49-19-11-27(12-20-49)25-48-17-13-32(14-18-48)50-21-15-35-38(50)44-26-45-39(35)51-22-16-37(52)47-41(51)54;/h1-3,6-8,15,21,23,26-27,30,32-33H,4-5,9-14,16-20,22,25H2,(H,46,53)(H,47,52,54);1H. The van der Waals surface area contributed by atoms with Crippen LogP contribution in [-0.4, -0.2) is 88.7 Å². The van der Waals surface area contributed by atoms with Crippen LogP contribution in [-0.2, 0) is 4.79 Å². The fraction of sp³-hybridized carbons (Fsp3) is 0.463. The molecule has 4 fully saturated rings. The number of nitriles is 1. The third-order valence-electron chi connectivity index (χ3n) is 11.7. The number of likely N-dealkylation sites (tertiary alicyclic amines) is 1. The Morgan fingerprint density at radius 1 is 0.929 bits per heavy atom. The lowest BCUT2D eigenvalue weighted by atomic mass is 9.92. The molecule has 0 bridgehead atoms. The van der Waals surface area contributed by atoms with Crippen LogP contribution >= 0.6 is 24.0 Å². The molecular formula is C41H47Cl2N9O4. The molecule has 294 valence electrons. The highest BCUT2D eigenvalue weighted by atomic mass is 35.5. The van der Waals surface area contributed by atoms with Crippen LogP contribution in [0.2, 0.25) is 5.02 Å². The van der Waals surface area contributed by atoms with E-state index in [4.69, 9.17) is 21.6 Å². The molecule has 1 aliphatic carbocycles. The van der Waals surface area contributed by atoms with Crippen LogP contribution < -0.4 is 25.2 Å². The van der Waals surface area contributed by atoms with Crippen molar-refractivity contribution in [1.82, 2.24) is 30.1 Å². The molecule has 4 amide bonds. The Bertz CT molecular complexity index is 2080. The van der Waals surface area contributed by atoms with E-state index in [1.54, 1.807) is 18.2 Å². The number of urea groups is 1. The van der Waals surface area contributed by atoms with Crippen LogP contribution in [0.25, 0.3) is 11.0 Å². The summed E-state index contributed by atoms with van der Waals surface area (Å²) in [6.45, 7) is 5.50. The van der Waals surface area contributed by atoms with Crippen molar-refractivity contribution in [3.63, 3.8) is 0 Å². The van der Waals surface area contributed by atoms with Crippen LogP contribution in [0.4, 0.5) is 16.3 Å². The Balaban J connectivity index is 0.00000480. The highest BCUT2D eigenvalue weighted by molar-refractivity contribution is 6.31. The molecule has 2 aromatic carbocycles. The summed E-state index contributed by atoms with van der Waals surface area (Å²) in [5.74, 6) is 1.57. The molecule has 15 heteroatoms. The lowest BCUT2D eigenvalue weighted by Gasteiger charge is -2.38. The third-order valence-corrected chi connectivity index (χ3v) is 12.1. The molecule has 56 heavy (non-hydrogen) atoms. The number of hydrogen-bond donors (Lipinski definition) is 2. The van der Waals surface area contributed by atoms with E-state index in [0.29, 0.717) is 46.2 Å². The van der Waals surface area contributed by atoms with Gasteiger partial charge in [0.25, 0.3) is 5.91 Å². The number of fused-ring (bicyclic) bond motifs is 1. The van der Waals surface area contributed by atoms with Gasteiger partial charge in [0.15, 0.2) is 0 Å². The van der Waals surface area contributed by atoms with E-state index in [0.717, 1.165) is 101 Å². The first-order chi connectivity index (χ1) is 26.8. The van der Waals surface area contributed by atoms with Crippen LogP contribution in [0.3, 0.4) is 0 Å². The van der Waals surface area contributed by atoms with E-state index in [1.807, 2.05) is 18.2 Å². The number of halogens is 2. The maximum atomic E-state index is 13.1. The van der Waals surface area contributed by atoms with Crippen molar-refractivity contribution < 1.29 is 19.1 Å². The van der Waals surface area contributed by atoms with E-state index in [9.17, 15) is 14.4 Å². The Kier molecular flexibility index (Phi) is 12.3. The maximum absolute atomic E-state index is 13.1. The number of benzene rings is 2. The van der Waals surface area contributed by atoms with Crippen molar-refractivity contribution in [3.05, 3.63) is 77.2 Å². The summed E-state index contributed by atoms with van der Waals surface area (Å²) in [6, 6.07) is 17.2. The number of ether oxygens (including phenoxy) is 1. The van der Waals surface area contributed by atoms with Crippen molar-refractivity contribution in [2.45, 2.75) is 76.0 Å². The number of imide groups is 1. The molecule has 5 heterocycles. The summed E-state index contributed by atoms with van der Waals surface area (Å²) >= 11 is 6.16. The SMILES string of the molecule is Cl.N#Cc1ccc(OC2CCC(NC(=O)c3ccc(N4CCC(CN5CCC(n6ccc7c(N8CCC(=O)NC8=O)ncnc76)CC5)CC4)cc3)CC2)cc1Cl. The zero-order chi connectivity index (χ0) is 37.9. The third kappa shape index (κ3) is 8.73. The molecular weight excluding hydrogens is 753 g/mol. The second-order valence-electron chi connectivity index (χ2n) is 15.2. The van der Waals surface area contributed by atoms with Crippen LogP contribution in [0, 0.1) is 17.2 Å².